The normalized spacial score (nSPS) is 18.9. The number of amides is 1. The van der Waals surface area contributed by atoms with E-state index in [9.17, 15) is 4.79 Å². The number of carbonyl (C=O) groups excluding carboxylic acids is 1. The Hall–Kier alpha value is -1.06. The number of hydrogen-bond donors (Lipinski definition) is 1. The van der Waals surface area contributed by atoms with Crippen molar-refractivity contribution in [1.29, 1.82) is 0 Å². The van der Waals surface area contributed by atoms with Crippen LogP contribution in [0.1, 0.15) is 42.1 Å². The fourth-order valence-electron chi connectivity index (χ4n) is 2.16. The van der Waals surface area contributed by atoms with E-state index < -0.39 is 0 Å². The van der Waals surface area contributed by atoms with Crippen molar-refractivity contribution in [1.82, 2.24) is 4.90 Å². The fraction of sp³-hybridized carbons (Fsp3) is 0.500. The molecule has 2 N–H and O–H groups in total. The Bertz CT molecular complexity index is 403. The molecule has 1 heterocycles. The smallest absolute Gasteiger partial charge is 0.253 e. The molecule has 1 unspecified atom stereocenters. The lowest BCUT2D eigenvalue weighted by Crippen LogP contribution is -2.31. The van der Waals surface area contributed by atoms with Gasteiger partial charge in [-0.3, -0.25) is 4.79 Å². The van der Waals surface area contributed by atoms with E-state index in [1.807, 2.05) is 29.2 Å². The average molecular weight is 269 g/mol. The second-order valence-corrected chi connectivity index (χ2v) is 5.08. The lowest BCUT2D eigenvalue weighted by atomic mass is 10.0. The van der Waals surface area contributed by atoms with Gasteiger partial charge in [0.1, 0.15) is 0 Å². The summed E-state index contributed by atoms with van der Waals surface area (Å²) in [6.07, 6.45) is 0.913. The minimum Gasteiger partial charge on any atom is -0.337 e. The summed E-state index contributed by atoms with van der Waals surface area (Å²) in [5.41, 5.74) is 7.84. The van der Waals surface area contributed by atoms with Crippen molar-refractivity contribution in [2.75, 3.05) is 13.1 Å². The standard InChI is InChI=1S/C14H20N2O.ClH/c1-10(2)11-3-5-12(6-4-11)14(17)16-8-7-13(15)9-16;/h3-6,10,13H,7-9,15H2,1-2H3;1H. The number of benzene rings is 1. The van der Waals surface area contributed by atoms with E-state index in [2.05, 4.69) is 13.8 Å². The SMILES string of the molecule is CC(C)c1ccc(C(=O)N2CCC(N)C2)cc1.Cl. The van der Waals surface area contributed by atoms with Crippen molar-refractivity contribution in [2.45, 2.75) is 32.2 Å². The van der Waals surface area contributed by atoms with Crippen LogP contribution in [0.3, 0.4) is 0 Å². The molecule has 1 aromatic rings. The number of hydrogen-bond acceptors (Lipinski definition) is 2. The molecule has 0 saturated carbocycles. The van der Waals surface area contributed by atoms with Gasteiger partial charge >= 0.3 is 0 Å². The maximum absolute atomic E-state index is 12.1. The van der Waals surface area contributed by atoms with Crippen LogP contribution in [0.5, 0.6) is 0 Å². The summed E-state index contributed by atoms with van der Waals surface area (Å²) in [5.74, 6) is 0.604. The second kappa shape index (κ2) is 6.21. The number of halogens is 1. The van der Waals surface area contributed by atoms with E-state index in [4.69, 9.17) is 5.73 Å². The third-order valence-electron chi connectivity index (χ3n) is 3.34. The van der Waals surface area contributed by atoms with Gasteiger partial charge in [0, 0.05) is 24.7 Å². The molecule has 100 valence electrons. The van der Waals surface area contributed by atoms with Gasteiger partial charge in [-0.15, -0.1) is 12.4 Å². The van der Waals surface area contributed by atoms with Crippen molar-refractivity contribution >= 4 is 18.3 Å². The molecule has 1 atom stereocenters. The predicted octanol–water partition coefficient (Wildman–Crippen LogP) is 2.41. The molecule has 2 rings (SSSR count). The minimum atomic E-state index is 0. The van der Waals surface area contributed by atoms with E-state index >= 15 is 0 Å². The maximum Gasteiger partial charge on any atom is 0.253 e. The molecule has 1 fully saturated rings. The molecule has 0 radical (unpaired) electrons. The summed E-state index contributed by atoms with van der Waals surface area (Å²) in [4.78, 5) is 14.0. The van der Waals surface area contributed by atoms with Crippen LogP contribution in [0.25, 0.3) is 0 Å². The Morgan fingerprint density at radius 3 is 2.39 bits per heavy atom. The molecule has 1 saturated heterocycles. The molecule has 1 aliphatic rings. The van der Waals surface area contributed by atoms with Crippen molar-refractivity contribution in [2.24, 2.45) is 5.73 Å². The van der Waals surface area contributed by atoms with Gasteiger partial charge in [-0.1, -0.05) is 26.0 Å². The van der Waals surface area contributed by atoms with Gasteiger partial charge in [0.15, 0.2) is 0 Å². The zero-order valence-corrected chi connectivity index (χ0v) is 11.7. The molecule has 0 aromatic heterocycles. The molecule has 4 heteroatoms. The highest BCUT2D eigenvalue weighted by Gasteiger charge is 2.24. The van der Waals surface area contributed by atoms with Crippen molar-refractivity contribution in [3.63, 3.8) is 0 Å². The van der Waals surface area contributed by atoms with E-state index in [0.29, 0.717) is 12.5 Å². The zero-order chi connectivity index (χ0) is 12.4. The Labute approximate surface area is 115 Å². The molecule has 1 amide bonds. The van der Waals surface area contributed by atoms with Crippen LogP contribution in [0.4, 0.5) is 0 Å². The number of rotatable bonds is 2. The molecule has 0 aliphatic carbocycles. The van der Waals surface area contributed by atoms with E-state index in [1.54, 1.807) is 0 Å². The van der Waals surface area contributed by atoms with E-state index in [-0.39, 0.29) is 24.4 Å². The molecule has 0 bridgehead atoms. The summed E-state index contributed by atoms with van der Waals surface area (Å²) in [7, 11) is 0. The van der Waals surface area contributed by atoms with Gasteiger partial charge in [0.05, 0.1) is 0 Å². The minimum absolute atomic E-state index is 0. The Kier molecular flexibility index (Phi) is 5.17. The first-order chi connectivity index (χ1) is 8.08. The van der Waals surface area contributed by atoms with Crippen LogP contribution in [-0.4, -0.2) is 29.9 Å². The van der Waals surface area contributed by atoms with Crippen LogP contribution in [-0.2, 0) is 0 Å². The van der Waals surface area contributed by atoms with Gasteiger partial charge < -0.3 is 10.6 Å². The van der Waals surface area contributed by atoms with E-state index in [1.165, 1.54) is 5.56 Å². The third-order valence-corrected chi connectivity index (χ3v) is 3.34. The molecule has 1 aliphatic heterocycles. The first kappa shape index (κ1) is 15.0. The summed E-state index contributed by atoms with van der Waals surface area (Å²) in [6, 6.07) is 8.05. The van der Waals surface area contributed by atoms with Gasteiger partial charge in [-0.05, 0) is 30.0 Å². The van der Waals surface area contributed by atoms with Crippen LogP contribution in [0.15, 0.2) is 24.3 Å². The highest BCUT2D eigenvalue weighted by Crippen LogP contribution is 2.17. The summed E-state index contributed by atoms with van der Waals surface area (Å²) < 4.78 is 0. The molecular weight excluding hydrogens is 248 g/mol. The average Bonchev–Trinajstić information content (AvgIpc) is 2.75. The van der Waals surface area contributed by atoms with Crippen molar-refractivity contribution in [3.8, 4) is 0 Å². The summed E-state index contributed by atoms with van der Waals surface area (Å²) in [6.45, 7) is 5.77. The number of likely N-dealkylation sites (tertiary alicyclic amines) is 1. The van der Waals surface area contributed by atoms with Gasteiger partial charge in [0.2, 0.25) is 0 Å². The Morgan fingerprint density at radius 1 is 1.33 bits per heavy atom. The molecule has 0 spiro atoms. The number of carbonyl (C=O) groups is 1. The van der Waals surface area contributed by atoms with Crippen LogP contribution < -0.4 is 5.73 Å². The van der Waals surface area contributed by atoms with Crippen molar-refractivity contribution < 1.29 is 4.79 Å². The van der Waals surface area contributed by atoms with Gasteiger partial charge in [0.25, 0.3) is 5.91 Å². The third kappa shape index (κ3) is 3.24. The summed E-state index contributed by atoms with van der Waals surface area (Å²) >= 11 is 0. The first-order valence-corrected chi connectivity index (χ1v) is 6.22. The topological polar surface area (TPSA) is 46.3 Å². The largest absolute Gasteiger partial charge is 0.337 e. The van der Waals surface area contributed by atoms with Crippen molar-refractivity contribution in [3.05, 3.63) is 35.4 Å². The van der Waals surface area contributed by atoms with Crippen LogP contribution in [0.2, 0.25) is 0 Å². The summed E-state index contributed by atoms with van der Waals surface area (Å²) in [5, 5.41) is 0. The Morgan fingerprint density at radius 2 is 1.94 bits per heavy atom. The first-order valence-electron chi connectivity index (χ1n) is 6.22. The van der Waals surface area contributed by atoms with Gasteiger partial charge in [-0.2, -0.15) is 0 Å². The van der Waals surface area contributed by atoms with Crippen LogP contribution in [0, 0.1) is 0 Å². The number of nitrogens with two attached hydrogens (primary N) is 1. The monoisotopic (exact) mass is 268 g/mol. The molecule has 18 heavy (non-hydrogen) atoms. The van der Waals surface area contributed by atoms with E-state index in [0.717, 1.165) is 18.5 Å². The molecular formula is C14H21ClN2O. The Balaban J connectivity index is 0.00000162. The lowest BCUT2D eigenvalue weighted by molar-refractivity contribution is 0.0791. The molecule has 1 aromatic carbocycles. The highest BCUT2D eigenvalue weighted by atomic mass is 35.5. The fourth-order valence-corrected chi connectivity index (χ4v) is 2.16. The maximum atomic E-state index is 12.1. The highest BCUT2D eigenvalue weighted by molar-refractivity contribution is 5.94. The predicted molar refractivity (Wildman–Crippen MR) is 76.3 cm³/mol. The lowest BCUT2D eigenvalue weighted by Gasteiger charge is -2.16. The second-order valence-electron chi connectivity index (χ2n) is 5.08. The number of nitrogens with zero attached hydrogens (tertiary/aromatic N) is 1. The quantitative estimate of drug-likeness (QED) is 0.895. The van der Waals surface area contributed by atoms with Gasteiger partial charge in [-0.25, -0.2) is 0 Å². The van der Waals surface area contributed by atoms with Crippen LogP contribution >= 0.6 is 12.4 Å². The zero-order valence-electron chi connectivity index (χ0n) is 10.9. The molecule has 3 nitrogen and oxygen atoms in total.